The summed E-state index contributed by atoms with van der Waals surface area (Å²) < 4.78 is 14.1. The van der Waals surface area contributed by atoms with Crippen LogP contribution in [0.4, 0.5) is 0 Å². The Kier molecular flexibility index (Phi) is 5.87. The highest BCUT2D eigenvalue weighted by Gasteiger charge is 2.23. The second-order valence-corrected chi connectivity index (χ2v) is 2.99. The summed E-state index contributed by atoms with van der Waals surface area (Å²) in [4.78, 5) is 22.1. The van der Waals surface area contributed by atoms with Gasteiger partial charge >= 0.3 is 11.9 Å². The zero-order valence-corrected chi connectivity index (χ0v) is 8.90. The third kappa shape index (κ3) is 4.81. The minimum absolute atomic E-state index is 0.124. The molecule has 5 heteroatoms. The smallest absolute Gasteiger partial charge is 0.335 e. The Bertz CT molecular complexity index is 199. The molecular weight excluding hydrogens is 188 g/mol. The zero-order valence-electron chi connectivity index (χ0n) is 8.90. The van der Waals surface area contributed by atoms with Gasteiger partial charge in [-0.05, 0) is 13.8 Å². The van der Waals surface area contributed by atoms with Crippen molar-refractivity contribution in [2.24, 2.45) is 0 Å². The van der Waals surface area contributed by atoms with Gasteiger partial charge in [-0.1, -0.05) is 0 Å². The lowest BCUT2D eigenvalue weighted by Crippen LogP contribution is -2.28. The van der Waals surface area contributed by atoms with Crippen molar-refractivity contribution in [3.05, 3.63) is 0 Å². The summed E-state index contributed by atoms with van der Waals surface area (Å²) in [6, 6.07) is 0. The fourth-order valence-electron chi connectivity index (χ4n) is 0.857. The molecule has 0 heterocycles. The minimum Gasteiger partial charge on any atom is -0.467 e. The van der Waals surface area contributed by atoms with Crippen molar-refractivity contribution in [1.82, 2.24) is 0 Å². The fraction of sp³-hybridized carbons (Fsp3) is 0.778. The quantitative estimate of drug-likeness (QED) is 0.611. The van der Waals surface area contributed by atoms with Gasteiger partial charge < -0.3 is 14.2 Å². The summed E-state index contributed by atoms with van der Waals surface area (Å²) in [6.45, 7) is 3.47. The molecular formula is C9H16O5. The molecule has 1 unspecified atom stereocenters. The highest BCUT2D eigenvalue weighted by Crippen LogP contribution is 2.03. The Labute approximate surface area is 83.3 Å². The molecule has 0 aliphatic rings. The standard InChI is InChI=1S/C9H16O5/c1-6(2)14-8(10)5-7(12-3)9(11)13-4/h6-7H,5H2,1-4H3. The average Bonchev–Trinajstić information content (AvgIpc) is 2.11. The lowest BCUT2D eigenvalue weighted by atomic mass is 10.2. The highest BCUT2D eigenvalue weighted by molar-refractivity contribution is 5.81. The first-order valence-electron chi connectivity index (χ1n) is 4.31. The van der Waals surface area contributed by atoms with Crippen LogP contribution < -0.4 is 0 Å². The van der Waals surface area contributed by atoms with Crippen molar-refractivity contribution >= 4 is 11.9 Å². The zero-order chi connectivity index (χ0) is 11.1. The monoisotopic (exact) mass is 204 g/mol. The second-order valence-electron chi connectivity index (χ2n) is 2.99. The van der Waals surface area contributed by atoms with Crippen LogP contribution in [0.2, 0.25) is 0 Å². The lowest BCUT2D eigenvalue weighted by molar-refractivity contribution is -0.161. The maximum atomic E-state index is 11.1. The molecule has 0 bridgehead atoms. The van der Waals surface area contributed by atoms with E-state index in [9.17, 15) is 9.59 Å². The number of hydrogen-bond acceptors (Lipinski definition) is 5. The van der Waals surface area contributed by atoms with E-state index >= 15 is 0 Å². The van der Waals surface area contributed by atoms with E-state index in [1.807, 2.05) is 0 Å². The molecule has 0 saturated carbocycles. The molecule has 0 aliphatic carbocycles. The molecule has 82 valence electrons. The van der Waals surface area contributed by atoms with Crippen LogP contribution in [-0.2, 0) is 23.8 Å². The summed E-state index contributed by atoms with van der Waals surface area (Å²) in [7, 11) is 2.58. The first kappa shape index (κ1) is 12.9. The Morgan fingerprint density at radius 1 is 1.21 bits per heavy atom. The van der Waals surface area contributed by atoms with E-state index in [4.69, 9.17) is 9.47 Å². The Morgan fingerprint density at radius 3 is 2.14 bits per heavy atom. The molecule has 0 aromatic heterocycles. The van der Waals surface area contributed by atoms with Crippen LogP contribution in [0.15, 0.2) is 0 Å². The van der Waals surface area contributed by atoms with Gasteiger partial charge in [-0.15, -0.1) is 0 Å². The highest BCUT2D eigenvalue weighted by atomic mass is 16.6. The molecule has 0 saturated heterocycles. The molecule has 0 radical (unpaired) electrons. The molecule has 14 heavy (non-hydrogen) atoms. The molecule has 5 nitrogen and oxygen atoms in total. The summed E-state index contributed by atoms with van der Waals surface area (Å²) in [5, 5.41) is 0. The number of hydrogen-bond donors (Lipinski definition) is 0. The SMILES string of the molecule is COC(=O)C(CC(=O)OC(C)C)OC. The summed E-state index contributed by atoms with van der Waals surface area (Å²) >= 11 is 0. The minimum atomic E-state index is -0.883. The number of ether oxygens (including phenoxy) is 3. The topological polar surface area (TPSA) is 61.8 Å². The fourth-order valence-corrected chi connectivity index (χ4v) is 0.857. The molecule has 0 spiro atoms. The molecule has 1 atom stereocenters. The van der Waals surface area contributed by atoms with Crippen LogP contribution in [0, 0.1) is 0 Å². The number of methoxy groups -OCH3 is 2. The molecule has 0 aromatic rings. The van der Waals surface area contributed by atoms with E-state index < -0.39 is 18.0 Å². The van der Waals surface area contributed by atoms with Gasteiger partial charge in [0.2, 0.25) is 0 Å². The second kappa shape index (κ2) is 6.37. The van der Waals surface area contributed by atoms with Crippen molar-refractivity contribution in [2.45, 2.75) is 32.5 Å². The summed E-state index contributed by atoms with van der Waals surface area (Å²) in [5.41, 5.74) is 0. The number of rotatable bonds is 5. The van der Waals surface area contributed by atoms with Crippen LogP contribution in [0.25, 0.3) is 0 Å². The van der Waals surface area contributed by atoms with Gasteiger partial charge in [0.25, 0.3) is 0 Å². The first-order valence-corrected chi connectivity index (χ1v) is 4.31. The van der Waals surface area contributed by atoms with E-state index in [1.54, 1.807) is 13.8 Å². The van der Waals surface area contributed by atoms with Crippen molar-refractivity contribution in [2.75, 3.05) is 14.2 Å². The van der Waals surface area contributed by atoms with E-state index in [0.29, 0.717) is 0 Å². The third-order valence-corrected chi connectivity index (χ3v) is 1.47. The predicted molar refractivity (Wildman–Crippen MR) is 48.7 cm³/mol. The maximum absolute atomic E-state index is 11.1. The van der Waals surface area contributed by atoms with Gasteiger partial charge in [0, 0.05) is 7.11 Å². The van der Waals surface area contributed by atoms with Gasteiger partial charge in [-0.2, -0.15) is 0 Å². The number of carbonyl (C=O) groups is 2. The first-order chi connectivity index (χ1) is 6.51. The average molecular weight is 204 g/mol. The maximum Gasteiger partial charge on any atom is 0.335 e. The largest absolute Gasteiger partial charge is 0.467 e. The van der Waals surface area contributed by atoms with Gasteiger partial charge in [-0.25, -0.2) is 4.79 Å². The van der Waals surface area contributed by atoms with Gasteiger partial charge in [-0.3, -0.25) is 4.79 Å². The summed E-state index contributed by atoms with van der Waals surface area (Å²) in [6.07, 6.45) is -1.20. The number of carbonyl (C=O) groups excluding carboxylic acids is 2. The Balaban J connectivity index is 4.05. The number of esters is 2. The van der Waals surface area contributed by atoms with Crippen molar-refractivity contribution < 1.29 is 23.8 Å². The molecule has 0 amide bonds. The summed E-state index contributed by atoms with van der Waals surface area (Å²) in [5.74, 6) is -1.05. The van der Waals surface area contributed by atoms with Crippen LogP contribution >= 0.6 is 0 Å². The normalized spacial score (nSPS) is 12.4. The third-order valence-electron chi connectivity index (χ3n) is 1.47. The van der Waals surface area contributed by atoms with Crippen molar-refractivity contribution in [1.29, 1.82) is 0 Å². The van der Waals surface area contributed by atoms with E-state index in [2.05, 4.69) is 4.74 Å². The van der Waals surface area contributed by atoms with Crippen LogP contribution in [-0.4, -0.2) is 38.4 Å². The lowest BCUT2D eigenvalue weighted by Gasteiger charge is -2.13. The van der Waals surface area contributed by atoms with Gasteiger partial charge in [0.15, 0.2) is 6.10 Å². The Morgan fingerprint density at radius 2 is 1.79 bits per heavy atom. The van der Waals surface area contributed by atoms with Gasteiger partial charge in [0.1, 0.15) is 0 Å². The van der Waals surface area contributed by atoms with Crippen LogP contribution in [0.3, 0.4) is 0 Å². The molecule has 0 aromatic carbocycles. The van der Waals surface area contributed by atoms with Crippen LogP contribution in [0.5, 0.6) is 0 Å². The van der Waals surface area contributed by atoms with Gasteiger partial charge in [0.05, 0.1) is 19.6 Å². The van der Waals surface area contributed by atoms with E-state index in [0.717, 1.165) is 0 Å². The molecule has 0 aliphatic heterocycles. The Hall–Kier alpha value is -1.10. The van der Waals surface area contributed by atoms with Crippen molar-refractivity contribution in [3.8, 4) is 0 Å². The predicted octanol–water partition coefficient (Wildman–Crippen LogP) is 0.516. The van der Waals surface area contributed by atoms with Crippen molar-refractivity contribution in [3.63, 3.8) is 0 Å². The molecule has 0 fully saturated rings. The molecule has 0 N–H and O–H groups in total. The van der Waals surface area contributed by atoms with E-state index in [-0.39, 0.29) is 12.5 Å². The van der Waals surface area contributed by atoms with Crippen LogP contribution in [0.1, 0.15) is 20.3 Å². The van der Waals surface area contributed by atoms with E-state index in [1.165, 1.54) is 14.2 Å². The molecule has 0 rings (SSSR count).